The van der Waals surface area contributed by atoms with Gasteiger partial charge in [-0.15, -0.1) is 0 Å². The van der Waals surface area contributed by atoms with Gasteiger partial charge in [-0.25, -0.2) is 0 Å². The lowest BCUT2D eigenvalue weighted by atomic mass is 10.1. The lowest BCUT2D eigenvalue weighted by molar-refractivity contribution is 0.0727. The fourth-order valence-corrected chi connectivity index (χ4v) is 2.27. The summed E-state index contributed by atoms with van der Waals surface area (Å²) in [5, 5.41) is 12.6. The summed E-state index contributed by atoms with van der Waals surface area (Å²) in [5.41, 5.74) is 2.43. The molecule has 0 amide bonds. The molecule has 1 aromatic rings. The number of hydrogen-bond donors (Lipinski definition) is 2. The highest BCUT2D eigenvalue weighted by atomic mass is 16.5. The van der Waals surface area contributed by atoms with Gasteiger partial charge in [-0.3, -0.25) is 0 Å². The largest absolute Gasteiger partial charge is 0.394 e. The molecule has 0 spiro atoms. The Hall–Kier alpha value is -1.10. The van der Waals surface area contributed by atoms with Gasteiger partial charge in [0.1, 0.15) is 0 Å². The molecule has 2 N–H and O–H groups in total. The number of nitrogens with one attached hydrogen (secondary N) is 1. The predicted molar refractivity (Wildman–Crippen MR) is 73.0 cm³/mol. The van der Waals surface area contributed by atoms with E-state index in [-0.39, 0.29) is 12.6 Å². The van der Waals surface area contributed by atoms with Gasteiger partial charge in [-0.2, -0.15) is 0 Å². The average Bonchev–Trinajstić information content (AvgIpc) is 2.46. The fourth-order valence-electron chi connectivity index (χ4n) is 2.27. The highest BCUT2D eigenvalue weighted by Gasteiger charge is 2.22. The molecule has 18 heavy (non-hydrogen) atoms. The fraction of sp³-hybridized carbons (Fsp3) is 0.571. The summed E-state index contributed by atoms with van der Waals surface area (Å²) in [4.78, 5) is 2.22. The molecule has 2 unspecified atom stereocenters. The van der Waals surface area contributed by atoms with Crippen LogP contribution in [0.5, 0.6) is 0 Å². The van der Waals surface area contributed by atoms with Crippen LogP contribution in [0.2, 0.25) is 0 Å². The summed E-state index contributed by atoms with van der Waals surface area (Å²) in [6.45, 7) is 4.44. The zero-order chi connectivity index (χ0) is 13.0. The normalized spacial score (nSPS) is 21.9. The van der Waals surface area contributed by atoms with E-state index in [0.29, 0.717) is 12.6 Å². The number of hydrogen-bond acceptors (Lipinski definition) is 4. The Bertz CT molecular complexity index is 367. The first-order valence-electron chi connectivity index (χ1n) is 6.48. The Morgan fingerprint density at radius 1 is 1.44 bits per heavy atom. The van der Waals surface area contributed by atoms with E-state index >= 15 is 0 Å². The summed E-state index contributed by atoms with van der Waals surface area (Å²) in [6.07, 6.45) is 0. The summed E-state index contributed by atoms with van der Waals surface area (Å²) < 4.78 is 5.39. The molecule has 2 rings (SSSR count). The maximum Gasteiger partial charge on any atom is 0.0755 e. The standard InChI is InChI=1S/C14H22N2O2/c1-11(15-2)12-3-5-13(6-4-12)16-7-8-18-10-14(16)9-17/h3-6,11,14-15,17H,7-10H2,1-2H3. The third kappa shape index (κ3) is 2.83. The molecule has 100 valence electrons. The van der Waals surface area contributed by atoms with Crippen molar-refractivity contribution in [2.75, 3.05) is 38.3 Å². The zero-order valence-corrected chi connectivity index (χ0v) is 11.1. The molecule has 0 aromatic heterocycles. The maximum atomic E-state index is 9.37. The monoisotopic (exact) mass is 250 g/mol. The molecule has 4 nitrogen and oxygen atoms in total. The number of nitrogens with zero attached hydrogens (tertiary/aromatic N) is 1. The maximum absolute atomic E-state index is 9.37. The molecule has 1 fully saturated rings. The van der Waals surface area contributed by atoms with Crippen LogP contribution in [0, 0.1) is 0 Å². The van der Waals surface area contributed by atoms with E-state index in [0.717, 1.165) is 18.8 Å². The van der Waals surface area contributed by atoms with Crippen LogP contribution in [0.1, 0.15) is 18.5 Å². The van der Waals surface area contributed by atoms with E-state index in [4.69, 9.17) is 4.74 Å². The number of benzene rings is 1. The minimum Gasteiger partial charge on any atom is -0.394 e. The molecule has 1 heterocycles. The number of rotatable bonds is 4. The van der Waals surface area contributed by atoms with Gasteiger partial charge < -0.3 is 20.1 Å². The zero-order valence-electron chi connectivity index (χ0n) is 11.1. The smallest absolute Gasteiger partial charge is 0.0755 e. The SMILES string of the molecule is CNC(C)c1ccc(N2CCOCC2CO)cc1. The predicted octanol–water partition coefficient (Wildman–Crippen LogP) is 1.16. The van der Waals surface area contributed by atoms with Crippen molar-refractivity contribution in [2.45, 2.75) is 19.0 Å². The van der Waals surface area contributed by atoms with Gasteiger partial charge in [0, 0.05) is 18.3 Å². The second-order valence-electron chi connectivity index (χ2n) is 4.71. The lowest BCUT2D eigenvalue weighted by Crippen LogP contribution is -2.47. The Balaban J connectivity index is 2.12. The first kappa shape index (κ1) is 13.3. The molecule has 1 aromatic carbocycles. The third-order valence-electron chi connectivity index (χ3n) is 3.60. The quantitative estimate of drug-likeness (QED) is 0.842. The molecule has 1 saturated heterocycles. The highest BCUT2D eigenvalue weighted by Crippen LogP contribution is 2.22. The van der Waals surface area contributed by atoms with E-state index in [2.05, 4.69) is 41.4 Å². The van der Waals surface area contributed by atoms with Crippen molar-refractivity contribution in [2.24, 2.45) is 0 Å². The molecule has 2 atom stereocenters. The molecule has 1 aliphatic rings. The summed E-state index contributed by atoms with van der Waals surface area (Å²) in [7, 11) is 1.96. The minimum atomic E-state index is 0.0753. The van der Waals surface area contributed by atoms with Crippen molar-refractivity contribution in [3.63, 3.8) is 0 Å². The van der Waals surface area contributed by atoms with E-state index < -0.39 is 0 Å². The van der Waals surface area contributed by atoms with E-state index in [1.807, 2.05) is 7.05 Å². The molecule has 0 aliphatic carbocycles. The molecule has 0 bridgehead atoms. The van der Waals surface area contributed by atoms with Crippen molar-refractivity contribution in [1.82, 2.24) is 5.32 Å². The van der Waals surface area contributed by atoms with Gasteiger partial charge >= 0.3 is 0 Å². The number of anilines is 1. The van der Waals surface area contributed by atoms with Crippen LogP contribution in [-0.2, 0) is 4.74 Å². The van der Waals surface area contributed by atoms with E-state index in [1.54, 1.807) is 0 Å². The van der Waals surface area contributed by atoms with Crippen molar-refractivity contribution in [3.8, 4) is 0 Å². The highest BCUT2D eigenvalue weighted by molar-refractivity contribution is 5.49. The third-order valence-corrected chi connectivity index (χ3v) is 3.60. The Morgan fingerprint density at radius 3 is 2.78 bits per heavy atom. The molecular weight excluding hydrogens is 228 g/mol. The van der Waals surface area contributed by atoms with Gasteiger partial charge in [-0.05, 0) is 31.7 Å². The van der Waals surface area contributed by atoms with Gasteiger partial charge in [0.15, 0.2) is 0 Å². The van der Waals surface area contributed by atoms with Crippen LogP contribution in [0.3, 0.4) is 0 Å². The molecular formula is C14H22N2O2. The van der Waals surface area contributed by atoms with Gasteiger partial charge in [0.05, 0.1) is 25.9 Å². The second-order valence-corrected chi connectivity index (χ2v) is 4.71. The first-order chi connectivity index (χ1) is 8.76. The van der Waals surface area contributed by atoms with Crippen molar-refractivity contribution >= 4 is 5.69 Å². The van der Waals surface area contributed by atoms with E-state index in [1.165, 1.54) is 5.56 Å². The number of ether oxygens (including phenoxy) is 1. The summed E-state index contributed by atoms with van der Waals surface area (Å²) in [6, 6.07) is 8.96. The van der Waals surface area contributed by atoms with Crippen LogP contribution in [-0.4, -0.2) is 44.6 Å². The van der Waals surface area contributed by atoms with E-state index in [9.17, 15) is 5.11 Å². The Labute approximate surface area is 109 Å². The number of aliphatic hydroxyl groups is 1. The van der Waals surface area contributed by atoms with Gasteiger partial charge in [0.25, 0.3) is 0 Å². The molecule has 0 radical (unpaired) electrons. The Morgan fingerprint density at radius 2 is 2.17 bits per heavy atom. The molecule has 0 saturated carbocycles. The average molecular weight is 250 g/mol. The molecule has 4 heteroatoms. The second kappa shape index (κ2) is 6.18. The molecule has 1 aliphatic heterocycles. The number of aliphatic hydroxyl groups excluding tert-OH is 1. The van der Waals surface area contributed by atoms with Crippen molar-refractivity contribution in [1.29, 1.82) is 0 Å². The Kier molecular flexibility index (Phi) is 4.58. The number of morpholine rings is 1. The first-order valence-corrected chi connectivity index (χ1v) is 6.48. The van der Waals surface area contributed by atoms with Crippen molar-refractivity contribution in [3.05, 3.63) is 29.8 Å². The topological polar surface area (TPSA) is 44.7 Å². The van der Waals surface area contributed by atoms with Crippen LogP contribution < -0.4 is 10.2 Å². The summed E-state index contributed by atoms with van der Waals surface area (Å²) >= 11 is 0. The van der Waals surface area contributed by atoms with Crippen LogP contribution in [0.25, 0.3) is 0 Å². The minimum absolute atomic E-state index is 0.0753. The lowest BCUT2D eigenvalue weighted by Gasteiger charge is -2.36. The van der Waals surface area contributed by atoms with Crippen molar-refractivity contribution < 1.29 is 9.84 Å². The van der Waals surface area contributed by atoms with Gasteiger partial charge in [0.2, 0.25) is 0 Å². The van der Waals surface area contributed by atoms with Crippen LogP contribution in [0.15, 0.2) is 24.3 Å². The van der Waals surface area contributed by atoms with Gasteiger partial charge in [-0.1, -0.05) is 12.1 Å². The van der Waals surface area contributed by atoms with Crippen LogP contribution in [0.4, 0.5) is 5.69 Å². The van der Waals surface area contributed by atoms with Crippen LogP contribution >= 0.6 is 0 Å². The summed E-state index contributed by atoms with van der Waals surface area (Å²) in [5.74, 6) is 0.